The summed E-state index contributed by atoms with van der Waals surface area (Å²) in [6.45, 7) is 5.92. The fraction of sp³-hybridized carbons (Fsp3) is 0.412. The number of aliphatic hydroxyl groups is 1. The Kier molecular flexibility index (Phi) is 4.62. The summed E-state index contributed by atoms with van der Waals surface area (Å²) in [4.78, 5) is 21.0. The first-order valence-corrected chi connectivity index (χ1v) is 7.94. The van der Waals surface area contributed by atoms with Crippen LogP contribution in [0.3, 0.4) is 0 Å². The van der Waals surface area contributed by atoms with Crippen molar-refractivity contribution >= 4 is 22.6 Å². The van der Waals surface area contributed by atoms with E-state index >= 15 is 0 Å². The molecule has 1 fully saturated rings. The Hall–Kier alpha value is -2.34. The molecule has 1 aliphatic rings. The highest BCUT2D eigenvalue weighted by atomic mass is 16.3. The van der Waals surface area contributed by atoms with E-state index < -0.39 is 0 Å². The van der Waals surface area contributed by atoms with Crippen molar-refractivity contribution in [2.24, 2.45) is 5.92 Å². The van der Waals surface area contributed by atoms with E-state index in [0.717, 1.165) is 54.9 Å². The van der Waals surface area contributed by atoms with Crippen LogP contribution in [0.25, 0.3) is 11.0 Å². The van der Waals surface area contributed by atoms with Crippen LogP contribution in [0.1, 0.15) is 18.5 Å². The summed E-state index contributed by atoms with van der Waals surface area (Å²) in [7, 11) is 0. The van der Waals surface area contributed by atoms with Gasteiger partial charge < -0.3 is 20.3 Å². The summed E-state index contributed by atoms with van der Waals surface area (Å²) in [5.41, 5.74) is 2.52. The van der Waals surface area contributed by atoms with Gasteiger partial charge in [0, 0.05) is 42.6 Å². The Morgan fingerprint density at radius 3 is 3.26 bits per heavy atom. The van der Waals surface area contributed by atoms with E-state index in [1.807, 2.05) is 17.0 Å². The molecule has 0 spiro atoms. The number of hydrogen-bond donors (Lipinski definition) is 3. The predicted molar refractivity (Wildman–Crippen MR) is 90.0 cm³/mol. The number of aliphatic hydroxyl groups excluding tert-OH is 1. The summed E-state index contributed by atoms with van der Waals surface area (Å²) in [5.74, 6) is 0.436. The quantitative estimate of drug-likeness (QED) is 0.736. The van der Waals surface area contributed by atoms with Crippen molar-refractivity contribution in [2.45, 2.75) is 19.4 Å². The highest BCUT2D eigenvalue weighted by Gasteiger charge is 2.22. The molecule has 1 amide bonds. The number of aromatic amines is 1. The molecule has 122 valence electrons. The number of nitrogens with one attached hydrogen (secondary N) is 2. The second-order valence-electron chi connectivity index (χ2n) is 5.95. The van der Waals surface area contributed by atoms with E-state index in [1.54, 1.807) is 6.20 Å². The molecule has 0 aromatic carbocycles. The van der Waals surface area contributed by atoms with Crippen LogP contribution in [0.2, 0.25) is 0 Å². The van der Waals surface area contributed by atoms with Crippen molar-refractivity contribution < 1.29 is 9.90 Å². The van der Waals surface area contributed by atoms with Gasteiger partial charge in [0.2, 0.25) is 5.91 Å². The number of aromatic nitrogens is 2. The van der Waals surface area contributed by atoms with Crippen molar-refractivity contribution in [3.8, 4) is 0 Å². The fourth-order valence-electron chi connectivity index (χ4n) is 3.14. The summed E-state index contributed by atoms with van der Waals surface area (Å²) in [5, 5.41) is 13.7. The Bertz CT molecular complexity index is 710. The third kappa shape index (κ3) is 3.37. The van der Waals surface area contributed by atoms with E-state index in [0.29, 0.717) is 5.92 Å². The maximum absolute atomic E-state index is 11.7. The van der Waals surface area contributed by atoms with Crippen LogP contribution < -0.4 is 5.32 Å². The number of anilines is 1. The number of rotatable bonds is 5. The van der Waals surface area contributed by atoms with Gasteiger partial charge in [-0.25, -0.2) is 4.98 Å². The number of fused-ring (bicyclic) bond motifs is 1. The average molecular weight is 314 g/mol. The SMILES string of the molecule is C=CC(=O)N1CCC[C@H](CNc2ccnc3[nH]c(CO)cc23)C1. The minimum absolute atomic E-state index is 0.0132. The summed E-state index contributed by atoms with van der Waals surface area (Å²) in [6.07, 6.45) is 5.27. The van der Waals surface area contributed by atoms with E-state index in [4.69, 9.17) is 0 Å². The summed E-state index contributed by atoms with van der Waals surface area (Å²) in [6, 6.07) is 3.85. The van der Waals surface area contributed by atoms with Crippen LogP contribution in [0.15, 0.2) is 31.0 Å². The van der Waals surface area contributed by atoms with Gasteiger partial charge in [-0.15, -0.1) is 0 Å². The molecular weight excluding hydrogens is 292 g/mol. The molecule has 3 N–H and O–H groups in total. The molecule has 1 aliphatic heterocycles. The molecule has 0 saturated carbocycles. The lowest BCUT2D eigenvalue weighted by Crippen LogP contribution is -2.41. The monoisotopic (exact) mass is 314 g/mol. The molecular formula is C17H22N4O2. The lowest BCUT2D eigenvalue weighted by atomic mass is 9.97. The third-order valence-electron chi connectivity index (χ3n) is 4.34. The lowest BCUT2D eigenvalue weighted by molar-refractivity contribution is -0.127. The first-order chi connectivity index (χ1) is 11.2. The fourth-order valence-corrected chi connectivity index (χ4v) is 3.14. The largest absolute Gasteiger partial charge is 0.390 e. The van der Waals surface area contributed by atoms with E-state index in [-0.39, 0.29) is 12.5 Å². The molecule has 6 heteroatoms. The highest BCUT2D eigenvalue weighted by Crippen LogP contribution is 2.24. The minimum Gasteiger partial charge on any atom is -0.390 e. The molecule has 6 nitrogen and oxygen atoms in total. The van der Waals surface area contributed by atoms with Crippen LogP contribution in [-0.2, 0) is 11.4 Å². The second-order valence-corrected chi connectivity index (χ2v) is 5.95. The Labute approximate surface area is 135 Å². The van der Waals surface area contributed by atoms with Gasteiger partial charge in [-0.05, 0) is 37.0 Å². The predicted octanol–water partition coefficient (Wildman–Crippen LogP) is 1.89. The number of amides is 1. The molecule has 23 heavy (non-hydrogen) atoms. The molecule has 3 rings (SSSR count). The number of likely N-dealkylation sites (tertiary alicyclic amines) is 1. The first-order valence-electron chi connectivity index (χ1n) is 7.94. The molecule has 3 heterocycles. The number of piperidine rings is 1. The van der Waals surface area contributed by atoms with Crippen LogP contribution in [0.5, 0.6) is 0 Å². The van der Waals surface area contributed by atoms with Gasteiger partial charge in [-0.3, -0.25) is 4.79 Å². The van der Waals surface area contributed by atoms with E-state index in [9.17, 15) is 9.90 Å². The average Bonchev–Trinajstić information content (AvgIpc) is 3.03. The van der Waals surface area contributed by atoms with Crippen molar-refractivity contribution in [3.63, 3.8) is 0 Å². The zero-order chi connectivity index (χ0) is 16.2. The molecule has 0 radical (unpaired) electrons. The maximum atomic E-state index is 11.7. The normalized spacial score (nSPS) is 18.1. The number of H-pyrrole nitrogens is 1. The number of pyridine rings is 1. The van der Waals surface area contributed by atoms with Gasteiger partial charge in [0.25, 0.3) is 0 Å². The van der Waals surface area contributed by atoms with Gasteiger partial charge in [0.15, 0.2) is 0 Å². The van der Waals surface area contributed by atoms with Gasteiger partial charge in [-0.2, -0.15) is 0 Å². The Morgan fingerprint density at radius 2 is 2.48 bits per heavy atom. The van der Waals surface area contributed by atoms with Crippen LogP contribution in [0.4, 0.5) is 5.69 Å². The topological polar surface area (TPSA) is 81.2 Å². The molecule has 1 saturated heterocycles. The van der Waals surface area contributed by atoms with Gasteiger partial charge in [0.05, 0.1) is 6.61 Å². The summed E-state index contributed by atoms with van der Waals surface area (Å²) >= 11 is 0. The van der Waals surface area contributed by atoms with E-state index in [2.05, 4.69) is 21.9 Å². The van der Waals surface area contributed by atoms with Crippen molar-refractivity contribution in [3.05, 3.63) is 36.7 Å². The molecule has 1 atom stereocenters. The molecule has 2 aromatic rings. The van der Waals surface area contributed by atoms with Crippen molar-refractivity contribution in [1.82, 2.24) is 14.9 Å². The van der Waals surface area contributed by atoms with E-state index in [1.165, 1.54) is 6.08 Å². The van der Waals surface area contributed by atoms with Gasteiger partial charge in [0.1, 0.15) is 5.65 Å². The van der Waals surface area contributed by atoms with Crippen LogP contribution in [0, 0.1) is 5.92 Å². The Morgan fingerprint density at radius 1 is 1.61 bits per heavy atom. The molecule has 0 aliphatic carbocycles. The second kappa shape index (κ2) is 6.83. The third-order valence-corrected chi connectivity index (χ3v) is 4.34. The highest BCUT2D eigenvalue weighted by molar-refractivity contribution is 5.90. The van der Waals surface area contributed by atoms with Crippen molar-refractivity contribution in [2.75, 3.05) is 25.0 Å². The minimum atomic E-state index is -0.0307. The van der Waals surface area contributed by atoms with Crippen LogP contribution >= 0.6 is 0 Å². The molecule has 2 aromatic heterocycles. The smallest absolute Gasteiger partial charge is 0.245 e. The molecule has 0 unspecified atom stereocenters. The standard InChI is InChI=1S/C17H22N4O2/c1-2-16(23)21-7-3-4-12(10-21)9-19-15-5-6-18-17-14(15)8-13(11-22)20-17/h2,5-6,8,12,22H,1,3-4,7,9-11H2,(H2,18,19,20)/t12-/m1/s1. The number of nitrogens with zero attached hydrogens (tertiary/aromatic N) is 2. The van der Waals surface area contributed by atoms with Crippen LogP contribution in [-0.4, -0.2) is 45.5 Å². The number of carbonyl (C=O) groups excluding carboxylic acids is 1. The lowest BCUT2D eigenvalue weighted by Gasteiger charge is -2.32. The number of carbonyl (C=O) groups is 1. The Balaban J connectivity index is 1.67. The van der Waals surface area contributed by atoms with Gasteiger partial charge in [-0.1, -0.05) is 6.58 Å². The summed E-state index contributed by atoms with van der Waals surface area (Å²) < 4.78 is 0. The number of hydrogen-bond acceptors (Lipinski definition) is 4. The molecule has 0 bridgehead atoms. The first kappa shape index (κ1) is 15.6. The zero-order valence-electron chi connectivity index (χ0n) is 13.1. The maximum Gasteiger partial charge on any atom is 0.245 e. The zero-order valence-corrected chi connectivity index (χ0v) is 13.1. The van der Waals surface area contributed by atoms with Gasteiger partial charge >= 0.3 is 0 Å². The van der Waals surface area contributed by atoms with Crippen molar-refractivity contribution in [1.29, 1.82) is 0 Å².